The van der Waals surface area contributed by atoms with E-state index in [0.717, 1.165) is 5.56 Å². The Balaban J connectivity index is 2.57. The fourth-order valence-corrected chi connectivity index (χ4v) is 1.01. The first-order valence-corrected chi connectivity index (χ1v) is 4.71. The average molecular weight is 210 g/mol. The molecule has 0 aromatic heterocycles. The number of hydrogen-bond donors (Lipinski definition) is 2. The van der Waals surface area contributed by atoms with Gasteiger partial charge >= 0.3 is 0 Å². The van der Waals surface area contributed by atoms with Crippen molar-refractivity contribution in [1.29, 1.82) is 0 Å². The lowest BCUT2D eigenvalue weighted by Gasteiger charge is -2.22. The van der Waals surface area contributed by atoms with E-state index in [4.69, 9.17) is 5.73 Å². The van der Waals surface area contributed by atoms with Gasteiger partial charge in [0.25, 0.3) is 0 Å². The molecular weight excluding hydrogens is 195 g/mol. The molecule has 0 spiro atoms. The van der Waals surface area contributed by atoms with Gasteiger partial charge < -0.3 is 5.73 Å². The molecule has 1 aromatic rings. The summed E-state index contributed by atoms with van der Waals surface area (Å²) < 4.78 is 12.6. The summed E-state index contributed by atoms with van der Waals surface area (Å²) in [4.78, 5) is 11.0. The molecule has 0 aliphatic rings. The predicted octanol–water partition coefficient (Wildman–Crippen LogP) is 1.18. The largest absolute Gasteiger partial charge is 0.368 e. The molecule has 15 heavy (non-hydrogen) atoms. The van der Waals surface area contributed by atoms with Crippen LogP contribution in [0.3, 0.4) is 0 Å². The standard InChI is InChI=1S/C11H15FN2O/c1-11(2,10(13)15)14-7-8-3-5-9(12)6-4-8/h3-6,14H,7H2,1-2H3,(H2,13,15). The van der Waals surface area contributed by atoms with Crippen LogP contribution < -0.4 is 11.1 Å². The minimum atomic E-state index is -0.756. The van der Waals surface area contributed by atoms with Gasteiger partial charge in [0.15, 0.2) is 0 Å². The molecule has 0 saturated carbocycles. The van der Waals surface area contributed by atoms with E-state index in [-0.39, 0.29) is 5.82 Å². The van der Waals surface area contributed by atoms with Gasteiger partial charge in [0.1, 0.15) is 5.82 Å². The fraction of sp³-hybridized carbons (Fsp3) is 0.364. The van der Waals surface area contributed by atoms with Crippen molar-refractivity contribution < 1.29 is 9.18 Å². The number of hydrogen-bond acceptors (Lipinski definition) is 2. The van der Waals surface area contributed by atoms with Crippen LogP contribution in [0, 0.1) is 5.82 Å². The first-order chi connectivity index (χ1) is 6.92. The third kappa shape index (κ3) is 3.32. The summed E-state index contributed by atoms with van der Waals surface area (Å²) in [5, 5.41) is 3.00. The summed E-state index contributed by atoms with van der Waals surface area (Å²) in [5.41, 5.74) is 5.35. The lowest BCUT2D eigenvalue weighted by atomic mass is 10.0. The second-order valence-electron chi connectivity index (χ2n) is 3.97. The lowest BCUT2D eigenvalue weighted by Crippen LogP contribution is -2.50. The molecule has 0 bridgehead atoms. The summed E-state index contributed by atoms with van der Waals surface area (Å²) in [6.45, 7) is 3.90. The molecule has 0 atom stereocenters. The van der Waals surface area contributed by atoms with E-state index in [2.05, 4.69) is 5.32 Å². The predicted molar refractivity (Wildman–Crippen MR) is 56.5 cm³/mol. The number of carbonyl (C=O) groups is 1. The molecular formula is C11H15FN2O. The monoisotopic (exact) mass is 210 g/mol. The summed E-state index contributed by atoms with van der Waals surface area (Å²) in [5.74, 6) is -0.683. The van der Waals surface area contributed by atoms with Crippen LogP contribution >= 0.6 is 0 Å². The van der Waals surface area contributed by atoms with Crippen LogP contribution in [0.5, 0.6) is 0 Å². The van der Waals surface area contributed by atoms with Gasteiger partial charge in [0.05, 0.1) is 5.54 Å². The van der Waals surface area contributed by atoms with Crippen molar-refractivity contribution in [3.8, 4) is 0 Å². The Morgan fingerprint density at radius 3 is 2.40 bits per heavy atom. The topological polar surface area (TPSA) is 55.1 Å². The normalized spacial score (nSPS) is 11.4. The molecule has 0 saturated heterocycles. The maximum Gasteiger partial charge on any atom is 0.237 e. The Hall–Kier alpha value is -1.42. The summed E-state index contributed by atoms with van der Waals surface area (Å²) in [7, 11) is 0. The molecule has 0 fully saturated rings. The molecule has 0 heterocycles. The zero-order valence-electron chi connectivity index (χ0n) is 8.88. The maximum atomic E-state index is 12.6. The van der Waals surface area contributed by atoms with Crippen LogP contribution in [-0.2, 0) is 11.3 Å². The lowest BCUT2D eigenvalue weighted by molar-refractivity contribution is -0.123. The molecule has 0 aliphatic carbocycles. The van der Waals surface area contributed by atoms with Gasteiger partial charge in [-0.25, -0.2) is 4.39 Å². The summed E-state index contributed by atoms with van der Waals surface area (Å²) >= 11 is 0. The number of amides is 1. The third-order valence-corrected chi connectivity index (χ3v) is 2.26. The Kier molecular flexibility index (Phi) is 3.42. The van der Waals surface area contributed by atoms with Crippen LogP contribution in [0.1, 0.15) is 19.4 Å². The van der Waals surface area contributed by atoms with Crippen molar-refractivity contribution in [2.75, 3.05) is 0 Å². The second-order valence-corrected chi connectivity index (χ2v) is 3.97. The van der Waals surface area contributed by atoms with E-state index in [9.17, 15) is 9.18 Å². The van der Waals surface area contributed by atoms with E-state index in [1.165, 1.54) is 12.1 Å². The van der Waals surface area contributed by atoms with Crippen molar-refractivity contribution in [3.63, 3.8) is 0 Å². The van der Waals surface area contributed by atoms with Gasteiger partial charge in [0, 0.05) is 6.54 Å². The Labute approximate surface area is 88.5 Å². The smallest absolute Gasteiger partial charge is 0.237 e. The van der Waals surface area contributed by atoms with Crippen LogP contribution in [0.4, 0.5) is 4.39 Å². The van der Waals surface area contributed by atoms with Crippen molar-refractivity contribution in [2.24, 2.45) is 5.73 Å². The number of benzene rings is 1. The van der Waals surface area contributed by atoms with E-state index < -0.39 is 11.4 Å². The quantitative estimate of drug-likeness (QED) is 0.784. The van der Waals surface area contributed by atoms with E-state index >= 15 is 0 Å². The van der Waals surface area contributed by atoms with Gasteiger partial charge in [-0.2, -0.15) is 0 Å². The van der Waals surface area contributed by atoms with Crippen molar-refractivity contribution in [1.82, 2.24) is 5.32 Å². The molecule has 3 N–H and O–H groups in total. The van der Waals surface area contributed by atoms with Gasteiger partial charge in [-0.1, -0.05) is 12.1 Å². The van der Waals surface area contributed by atoms with Gasteiger partial charge in [0.2, 0.25) is 5.91 Å². The number of rotatable bonds is 4. The molecule has 1 amide bonds. The van der Waals surface area contributed by atoms with Crippen molar-refractivity contribution in [2.45, 2.75) is 25.9 Å². The Morgan fingerprint density at radius 2 is 1.93 bits per heavy atom. The highest BCUT2D eigenvalue weighted by molar-refractivity contribution is 5.83. The first kappa shape index (κ1) is 11.7. The number of nitrogens with two attached hydrogens (primary N) is 1. The van der Waals surface area contributed by atoms with Gasteiger partial charge in [-0.15, -0.1) is 0 Å². The fourth-order valence-electron chi connectivity index (χ4n) is 1.01. The third-order valence-electron chi connectivity index (χ3n) is 2.26. The molecule has 4 heteroatoms. The summed E-state index contributed by atoms with van der Waals surface area (Å²) in [6.07, 6.45) is 0. The number of nitrogens with one attached hydrogen (secondary N) is 1. The maximum absolute atomic E-state index is 12.6. The summed E-state index contributed by atoms with van der Waals surface area (Å²) in [6, 6.07) is 6.10. The minimum absolute atomic E-state index is 0.270. The number of primary amides is 1. The van der Waals surface area contributed by atoms with Crippen molar-refractivity contribution in [3.05, 3.63) is 35.6 Å². The highest BCUT2D eigenvalue weighted by Gasteiger charge is 2.23. The van der Waals surface area contributed by atoms with Crippen molar-refractivity contribution >= 4 is 5.91 Å². The highest BCUT2D eigenvalue weighted by Crippen LogP contribution is 2.06. The molecule has 1 rings (SSSR count). The van der Waals surface area contributed by atoms with Crippen LogP contribution in [-0.4, -0.2) is 11.4 Å². The molecule has 3 nitrogen and oxygen atoms in total. The number of halogens is 1. The minimum Gasteiger partial charge on any atom is -0.368 e. The first-order valence-electron chi connectivity index (χ1n) is 4.71. The molecule has 0 radical (unpaired) electrons. The van der Waals surface area contributed by atoms with Crippen LogP contribution in [0.25, 0.3) is 0 Å². The molecule has 1 aromatic carbocycles. The van der Waals surface area contributed by atoms with Gasteiger partial charge in [-0.3, -0.25) is 10.1 Å². The average Bonchev–Trinajstić information content (AvgIpc) is 2.17. The Bertz CT molecular complexity index is 346. The number of carbonyl (C=O) groups excluding carboxylic acids is 1. The Morgan fingerprint density at radius 1 is 1.40 bits per heavy atom. The van der Waals surface area contributed by atoms with Gasteiger partial charge in [-0.05, 0) is 31.5 Å². The molecule has 0 aliphatic heterocycles. The molecule has 0 unspecified atom stereocenters. The molecule has 82 valence electrons. The SMILES string of the molecule is CC(C)(NCc1ccc(F)cc1)C(N)=O. The zero-order chi connectivity index (χ0) is 11.5. The van der Waals surface area contributed by atoms with E-state index in [1.54, 1.807) is 26.0 Å². The van der Waals surface area contributed by atoms with Crippen LogP contribution in [0.15, 0.2) is 24.3 Å². The van der Waals surface area contributed by atoms with E-state index in [0.29, 0.717) is 6.54 Å². The zero-order valence-corrected chi connectivity index (χ0v) is 8.88. The second kappa shape index (κ2) is 4.40. The van der Waals surface area contributed by atoms with Crippen LogP contribution in [0.2, 0.25) is 0 Å². The van der Waals surface area contributed by atoms with E-state index in [1.807, 2.05) is 0 Å². The highest BCUT2D eigenvalue weighted by atomic mass is 19.1.